The predicted molar refractivity (Wildman–Crippen MR) is 69.5 cm³/mol. The molecule has 0 atom stereocenters. The number of hydrogen-bond donors (Lipinski definition) is 0. The number of rotatable bonds is 4. The molecule has 0 unspecified atom stereocenters. The van der Waals surface area contributed by atoms with Crippen LogP contribution >= 0.6 is 11.6 Å². The molecule has 5 nitrogen and oxygen atoms in total. The van der Waals surface area contributed by atoms with Crippen LogP contribution < -0.4 is 10.9 Å². The Morgan fingerprint density at radius 1 is 1.32 bits per heavy atom. The molecule has 1 heterocycles. The quantitative estimate of drug-likeness (QED) is 0.636. The molecule has 1 radical (unpaired) electrons. The van der Waals surface area contributed by atoms with Crippen molar-refractivity contribution in [2.24, 2.45) is 10.3 Å². The molecule has 0 spiro atoms. The van der Waals surface area contributed by atoms with Gasteiger partial charge in [0.05, 0.1) is 6.26 Å². The Morgan fingerprint density at radius 2 is 2.11 bits per heavy atom. The summed E-state index contributed by atoms with van der Waals surface area (Å²) in [5.41, 5.74) is 10.1. The molecule has 0 saturated heterocycles. The van der Waals surface area contributed by atoms with E-state index in [0.29, 0.717) is 15.9 Å². The molecule has 0 bridgehead atoms. The largest absolute Gasteiger partial charge is 0.445 e. The van der Waals surface area contributed by atoms with Gasteiger partial charge >= 0.3 is 0 Å². The fraction of sp³-hybridized carbons (Fsp3) is 0.154. The summed E-state index contributed by atoms with van der Waals surface area (Å²) in [6.07, 6.45) is 1.37. The van der Waals surface area contributed by atoms with E-state index >= 15 is 0 Å². The fourth-order valence-electron chi connectivity index (χ4n) is 1.47. The Balaban J connectivity index is 2.16. The zero-order chi connectivity index (χ0) is 13.7. The van der Waals surface area contributed by atoms with Gasteiger partial charge in [0.15, 0.2) is 0 Å². The van der Waals surface area contributed by atoms with Crippen molar-refractivity contribution in [2.75, 3.05) is 0 Å². The number of halogens is 1. The minimum absolute atomic E-state index is 0.0996. The van der Waals surface area contributed by atoms with Crippen LogP contribution in [0.1, 0.15) is 11.1 Å². The van der Waals surface area contributed by atoms with Crippen molar-refractivity contribution in [1.82, 2.24) is 5.53 Å². The first kappa shape index (κ1) is 13.3. The summed E-state index contributed by atoms with van der Waals surface area (Å²) in [7, 11) is 0. The van der Waals surface area contributed by atoms with Gasteiger partial charge in [0.1, 0.15) is 12.0 Å². The Kier molecular flexibility index (Phi) is 4.30. The normalized spacial score (nSPS) is 11.4. The first-order valence-corrected chi connectivity index (χ1v) is 5.93. The molecule has 97 valence electrons. The second-order valence-corrected chi connectivity index (χ2v) is 4.20. The maximum atomic E-state index is 8.71. The zero-order valence-electron chi connectivity index (χ0n) is 10.2. The maximum Gasteiger partial charge on any atom is 0.245 e. The summed E-state index contributed by atoms with van der Waals surface area (Å²) in [4.78, 5) is 5.24. The SMILES string of the molecule is Cc1c(N=[N])occc1=NOCc1ccccc1Cl. The number of nitrogens with zero attached hydrogens (tertiary/aromatic N) is 3. The third kappa shape index (κ3) is 3.20. The van der Waals surface area contributed by atoms with E-state index < -0.39 is 0 Å². The number of hydrogen-bond acceptors (Lipinski definition) is 4. The summed E-state index contributed by atoms with van der Waals surface area (Å²) in [6, 6.07) is 8.99. The Morgan fingerprint density at radius 3 is 2.84 bits per heavy atom. The van der Waals surface area contributed by atoms with Crippen LogP contribution in [0.25, 0.3) is 0 Å². The lowest BCUT2D eigenvalue weighted by Gasteiger charge is -2.02. The zero-order valence-corrected chi connectivity index (χ0v) is 11.0. The summed E-state index contributed by atoms with van der Waals surface area (Å²) >= 11 is 6.00. The van der Waals surface area contributed by atoms with Gasteiger partial charge in [-0.2, -0.15) is 0 Å². The van der Waals surface area contributed by atoms with Gasteiger partial charge in [-0.15, -0.1) is 0 Å². The maximum absolute atomic E-state index is 8.71. The lowest BCUT2D eigenvalue weighted by atomic mass is 10.2. The molecule has 1 aromatic carbocycles. The molecule has 0 fully saturated rings. The van der Waals surface area contributed by atoms with E-state index in [-0.39, 0.29) is 12.5 Å². The van der Waals surface area contributed by atoms with Crippen LogP contribution in [0.5, 0.6) is 0 Å². The van der Waals surface area contributed by atoms with Gasteiger partial charge in [-0.1, -0.05) is 40.1 Å². The van der Waals surface area contributed by atoms with Crippen LogP contribution in [0, 0.1) is 6.92 Å². The van der Waals surface area contributed by atoms with Gasteiger partial charge in [0, 0.05) is 22.2 Å². The average Bonchev–Trinajstić information content (AvgIpc) is 2.43. The van der Waals surface area contributed by atoms with Crippen molar-refractivity contribution < 1.29 is 9.25 Å². The molecule has 0 aliphatic heterocycles. The van der Waals surface area contributed by atoms with Crippen LogP contribution in [0.3, 0.4) is 0 Å². The third-order valence-electron chi connectivity index (χ3n) is 2.54. The molecule has 19 heavy (non-hydrogen) atoms. The van der Waals surface area contributed by atoms with E-state index in [1.807, 2.05) is 18.2 Å². The van der Waals surface area contributed by atoms with Crippen molar-refractivity contribution >= 4 is 17.5 Å². The minimum atomic E-state index is 0.0996. The molecule has 0 saturated carbocycles. The first-order valence-electron chi connectivity index (χ1n) is 5.55. The highest BCUT2D eigenvalue weighted by atomic mass is 35.5. The molecule has 2 aromatic rings. The van der Waals surface area contributed by atoms with Gasteiger partial charge < -0.3 is 9.25 Å². The second-order valence-electron chi connectivity index (χ2n) is 3.79. The molecule has 0 N–H and O–H groups in total. The van der Waals surface area contributed by atoms with Crippen molar-refractivity contribution in [1.29, 1.82) is 0 Å². The highest BCUT2D eigenvalue weighted by Gasteiger charge is 2.02. The van der Waals surface area contributed by atoms with Crippen LogP contribution in [0.4, 0.5) is 5.88 Å². The van der Waals surface area contributed by atoms with Gasteiger partial charge in [-0.25, -0.2) is 0 Å². The Hall–Kier alpha value is -2.14. The highest BCUT2D eigenvalue weighted by Crippen LogP contribution is 2.16. The van der Waals surface area contributed by atoms with Crippen LogP contribution in [-0.2, 0) is 11.4 Å². The van der Waals surface area contributed by atoms with Crippen molar-refractivity contribution in [2.45, 2.75) is 13.5 Å². The van der Waals surface area contributed by atoms with E-state index in [1.54, 1.807) is 19.1 Å². The number of benzene rings is 1. The predicted octanol–water partition coefficient (Wildman–Crippen LogP) is 3.16. The standard InChI is InChI=1S/C13H11ClN3O2/c1-9-12(6-7-18-13(9)16-15)17-19-8-10-4-2-3-5-11(10)14/h2-7H,8H2,1H3. The van der Waals surface area contributed by atoms with Gasteiger partial charge in [-0.05, 0) is 18.5 Å². The summed E-state index contributed by atoms with van der Waals surface area (Å²) in [5, 5.41) is 8.13. The molecule has 0 aliphatic carbocycles. The molecular formula is C13H11ClN3O2. The topological polar surface area (TPSA) is 69.4 Å². The molecule has 6 heteroatoms. The van der Waals surface area contributed by atoms with Crippen molar-refractivity contribution in [3.05, 3.63) is 58.1 Å². The molecule has 1 aromatic heterocycles. The fourth-order valence-corrected chi connectivity index (χ4v) is 1.66. The average molecular weight is 277 g/mol. The summed E-state index contributed by atoms with van der Waals surface area (Å²) < 4.78 is 4.98. The van der Waals surface area contributed by atoms with E-state index in [2.05, 4.69) is 10.3 Å². The molecule has 0 aliphatic rings. The Labute approximate surface area is 115 Å². The van der Waals surface area contributed by atoms with E-state index in [0.717, 1.165) is 5.56 Å². The van der Waals surface area contributed by atoms with Gasteiger partial charge in [0.2, 0.25) is 5.88 Å². The summed E-state index contributed by atoms with van der Waals surface area (Å²) in [6.45, 7) is 1.98. The van der Waals surface area contributed by atoms with Crippen LogP contribution in [0.15, 0.2) is 51.3 Å². The van der Waals surface area contributed by atoms with Crippen LogP contribution in [0.2, 0.25) is 5.02 Å². The van der Waals surface area contributed by atoms with Crippen molar-refractivity contribution in [3.8, 4) is 0 Å². The lowest BCUT2D eigenvalue weighted by molar-refractivity contribution is 0.119. The second kappa shape index (κ2) is 6.15. The smallest absolute Gasteiger partial charge is 0.245 e. The minimum Gasteiger partial charge on any atom is -0.445 e. The van der Waals surface area contributed by atoms with Gasteiger partial charge in [0.25, 0.3) is 0 Å². The molecule has 2 rings (SSSR count). The lowest BCUT2D eigenvalue weighted by Crippen LogP contribution is -2.06. The van der Waals surface area contributed by atoms with Crippen molar-refractivity contribution in [3.63, 3.8) is 0 Å². The highest BCUT2D eigenvalue weighted by molar-refractivity contribution is 6.31. The van der Waals surface area contributed by atoms with E-state index in [1.165, 1.54) is 6.26 Å². The van der Waals surface area contributed by atoms with E-state index in [9.17, 15) is 0 Å². The summed E-state index contributed by atoms with van der Waals surface area (Å²) in [5.74, 6) is 0.0996. The van der Waals surface area contributed by atoms with Crippen LogP contribution in [-0.4, -0.2) is 0 Å². The molecule has 0 amide bonds. The first-order chi connectivity index (χ1) is 9.22. The molecular weight excluding hydrogens is 266 g/mol. The third-order valence-corrected chi connectivity index (χ3v) is 2.91. The van der Waals surface area contributed by atoms with Gasteiger partial charge in [-0.3, -0.25) is 0 Å². The monoisotopic (exact) mass is 276 g/mol. The van der Waals surface area contributed by atoms with E-state index in [4.69, 9.17) is 26.4 Å². The Bertz CT molecular complexity index is 652.